The Morgan fingerprint density at radius 1 is 1.11 bits per heavy atom. The number of nitro benzene ring substituents is 1. The molecule has 0 aliphatic heterocycles. The van der Waals surface area contributed by atoms with Gasteiger partial charge < -0.3 is 10.1 Å². The standard InChI is InChI=1S/C21H24N2O4/c1-27-17-11-9-16(10-12-17)21(13-5-2-6-14-21)15-22-20(24)18-7-3-4-8-19(18)23(25)26/h3-4,7-12H,2,5-6,13-15H2,1H3,(H,22,24). The van der Waals surface area contributed by atoms with E-state index in [1.807, 2.05) is 12.1 Å². The maximum Gasteiger partial charge on any atom is 0.282 e. The summed E-state index contributed by atoms with van der Waals surface area (Å²) in [6, 6.07) is 14.0. The van der Waals surface area contributed by atoms with E-state index in [1.54, 1.807) is 19.2 Å². The summed E-state index contributed by atoms with van der Waals surface area (Å²) in [5.41, 5.74) is 0.954. The molecular formula is C21H24N2O4. The second-order valence-corrected chi connectivity index (χ2v) is 7.03. The van der Waals surface area contributed by atoms with Crippen LogP contribution in [-0.2, 0) is 5.41 Å². The highest BCUT2D eigenvalue weighted by Crippen LogP contribution is 2.39. The zero-order valence-electron chi connectivity index (χ0n) is 15.4. The third-order valence-corrected chi connectivity index (χ3v) is 5.45. The largest absolute Gasteiger partial charge is 0.497 e. The number of methoxy groups -OCH3 is 1. The number of hydrogen-bond acceptors (Lipinski definition) is 4. The van der Waals surface area contributed by atoms with Crippen LogP contribution in [0, 0.1) is 10.1 Å². The van der Waals surface area contributed by atoms with Gasteiger partial charge in [-0.1, -0.05) is 43.5 Å². The summed E-state index contributed by atoms with van der Waals surface area (Å²) in [6.45, 7) is 0.463. The fourth-order valence-corrected chi connectivity index (χ4v) is 3.91. The Morgan fingerprint density at radius 2 is 1.78 bits per heavy atom. The van der Waals surface area contributed by atoms with Crippen LogP contribution in [0.1, 0.15) is 48.0 Å². The lowest BCUT2D eigenvalue weighted by atomic mass is 9.69. The molecule has 6 heteroatoms. The van der Waals surface area contributed by atoms with E-state index in [2.05, 4.69) is 17.4 Å². The van der Waals surface area contributed by atoms with E-state index in [0.29, 0.717) is 6.54 Å². The molecule has 0 unspecified atom stereocenters. The van der Waals surface area contributed by atoms with Crippen LogP contribution in [0.3, 0.4) is 0 Å². The fraction of sp³-hybridized carbons (Fsp3) is 0.381. The molecule has 0 saturated heterocycles. The normalized spacial score (nSPS) is 15.7. The Kier molecular flexibility index (Phi) is 5.74. The van der Waals surface area contributed by atoms with Gasteiger partial charge in [-0.05, 0) is 36.6 Å². The molecule has 0 radical (unpaired) electrons. The van der Waals surface area contributed by atoms with E-state index < -0.39 is 10.8 Å². The number of carbonyl (C=O) groups excluding carboxylic acids is 1. The van der Waals surface area contributed by atoms with Crippen molar-refractivity contribution in [3.05, 3.63) is 69.8 Å². The van der Waals surface area contributed by atoms with Crippen molar-refractivity contribution in [1.82, 2.24) is 5.32 Å². The van der Waals surface area contributed by atoms with Gasteiger partial charge in [-0.15, -0.1) is 0 Å². The second kappa shape index (κ2) is 8.20. The van der Waals surface area contributed by atoms with Gasteiger partial charge in [0.05, 0.1) is 12.0 Å². The third-order valence-electron chi connectivity index (χ3n) is 5.45. The average molecular weight is 368 g/mol. The molecule has 2 aromatic rings. The lowest BCUT2D eigenvalue weighted by molar-refractivity contribution is -0.385. The number of rotatable bonds is 6. The highest BCUT2D eigenvalue weighted by molar-refractivity contribution is 5.98. The van der Waals surface area contributed by atoms with Crippen LogP contribution in [0.2, 0.25) is 0 Å². The van der Waals surface area contributed by atoms with E-state index >= 15 is 0 Å². The molecule has 0 spiro atoms. The van der Waals surface area contributed by atoms with Crippen LogP contribution in [0.4, 0.5) is 5.69 Å². The van der Waals surface area contributed by atoms with Gasteiger partial charge in [0, 0.05) is 18.0 Å². The summed E-state index contributed by atoms with van der Waals surface area (Å²) in [5, 5.41) is 14.1. The number of benzene rings is 2. The van der Waals surface area contributed by atoms with Crippen molar-refractivity contribution in [2.45, 2.75) is 37.5 Å². The van der Waals surface area contributed by atoms with Crippen molar-refractivity contribution in [2.75, 3.05) is 13.7 Å². The number of nitrogens with zero attached hydrogens (tertiary/aromatic N) is 1. The number of carbonyl (C=O) groups is 1. The molecule has 1 aliphatic carbocycles. The first kappa shape index (κ1) is 18.9. The Labute approximate surface area is 158 Å². The molecule has 142 valence electrons. The van der Waals surface area contributed by atoms with Gasteiger partial charge in [0.2, 0.25) is 0 Å². The predicted molar refractivity (Wildman–Crippen MR) is 103 cm³/mol. The number of nitrogens with one attached hydrogen (secondary N) is 1. The Balaban J connectivity index is 1.81. The van der Waals surface area contributed by atoms with Gasteiger partial charge in [-0.25, -0.2) is 0 Å². The third kappa shape index (κ3) is 4.10. The number of nitro groups is 1. The van der Waals surface area contributed by atoms with Gasteiger partial charge in [0.1, 0.15) is 11.3 Å². The van der Waals surface area contributed by atoms with Gasteiger partial charge in [-0.3, -0.25) is 14.9 Å². The average Bonchev–Trinajstić information content (AvgIpc) is 2.72. The molecular weight excluding hydrogens is 344 g/mol. The van der Waals surface area contributed by atoms with Gasteiger partial charge in [0.15, 0.2) is 0 Å². The van der Waals surface area contributed by atoms with E-state index in [4.69, 9.17) is 4.74 Å². The highest BCUT2D eigenvalue weighted by atomic mass is 16.6. The lowest BCUT2D eigenvalue weighted by Crippen LogP contribution is -2.42. The zero-order valence-corrected chi connectivity index (χ0v) is 15.4. The van der Waals surface area contributed by atoms with Crippen molar-refractivity contribution in [2.24, 2.45) is 0 Å². The Hall–Kier alpha value is -2.89. The summed E-state index contributed by atoms with van der Waals surface area (Å²) in [6.07, 6.45) is 5.36. The lowest BCUT2D eigenvalue weighted by Gasteiger charge is -2.38. The quantitative estimate of drug-likeness (QED) is 0.611. The van der Waals surface area contributed by atoms with Gasteiger partial charge in [-0.2, -0.15) is 0 Å². The smallest absolute Gasteiger partial charge is 0.282 e. The minimum Gasteiger partial charge on any atom is -0.497 e. The fourth-order valence-electron chi connectivity index (χ4n) is 3.91. The zero-order chi connectivity index (χ0) is 19.3. The molecule has 1 aliphatic rings. The van der Waals surface area contributed by atoms with Crippen LogP contribution < -0.4 is 10.1 Å². The van der Waals surface area contributed by atoms with E-state index in [1.165, 1.54) is 24.1 Å². The molecule has 1 N–H and O–H groups in total. The molecule has 0 aromatic heterocycles. The Bertz CT molecular complexity index is 811. The number of para-hydroxylation sites is 1. The Morgan fingerprint density at radius 3 is 2.41 bits per heavy atom. The predicted octanol–water partition coefficient (Wildman–Crippen LogP) is 4.24. The molecule has 1 fully saturated rings. The molecule has 0 bridgehead atoms. The molecule has 0 atom stereocenters. The monoisotopic (exact) mass is 368 g/mol. The SMILES string of the molecule is COc1ccc(C2(CNC(=O)c3ccccc3[N+](=O)[O-])CCCCC2)cc1. The van der Waals surface area contributed by atoms with Crippen LogP contribution in [0.15, 0.2) is 48.5 Å². The first-order valence-electron chi connectivity index (χ1n) is 9.22. The minimum absolute atomic E-state index is 0.100. The van der Waals surface area contributed by atoms with E-state index in [9.17, 15) is 14.9 Å². The summed E-state index contributed by atoms with van der Waals surface area (Å²) in [7, 11) is 1.64. The number of hydrogen-bond donors (Lipinski definition) is 1. The van der Waals surface area contributed by atoms with E-state index in [0.717, 1.165) is 31.4 Å². The summed E-state index contributed by atoms with van der Waals surface area (Å²) in [5.74, 6) is 0.398. The topological polar surface area (TPSA) is 81.5 Å². The van der Waals surface area contributed by atoms with Gasteiger partial charge in [0.25, 0.3) is 11.6 Å². The highest BCUT2D eigenvalue weighted by Gasteiger charge is 2.34. The summed E-state index contributed by atoms with van der Waals surface area (Å²) in [4.78, 5) is 23.3. The van der Waals surface area contributed by atoms with Crippen molar-refractivity contribution < 1.29 is 14.5 Å². The molecule has 3 rings (SSSR count). The van der Waals surface area contributed by atoms with Crippen molar-refractivity contribution >= 4 is 11.6 Å². The van der Waals surface area contributed by atoms with Crippen molar-refractivity contribution in [3.8, 4) is 5.75 Å². The first-order valence-corrected chi connectivity index (χ1v) is 9.22. The molecule has 2 aromatic carbocycles. The van der Waals surface area contributed by atoms with E-state index in [-0.39, 0.29) is 16.7 Å². The molecule has 1 amide bonds. The van der Waals surface area contributed by atoms with Gasteiger partial charge >= 0.3 is 0 Å². The van der Waals surface area contributed by atoms with Crippen LogP contribution in [0.25, 0.3) is 0 Å². The molecule has 6 nitrogen and oxygen atoms in total. The van der Waals surface area contributed by atoms with Crippen LogP contribution >= 0.6 is 0 Å². The molecule has 0 heterocycles. The summed E-state index contributed by atoms with van der Waals surface area (Å²) < 4.78 is 5.25. The maximum absolute atomic E-state index is 12.7. The molecule has 1 saturated carbocycles. The van der Waals surface area contributed by atoms with Crippen LogP contribution in [-0.4, -0.2) is 24.5 Å². The maximum atomic E-state index is 12.7. The summed E-state index contributed by atoms with van der Waals surface area (Å²) >= 11 is 0. The number of amides is 1. The molecule has 27 heavy (non-hydrogen) atoms. The minimum atomic E-state index is -0.519. The van der Waals surface area contributed by atoms with Crippen LogP contribution in [0.5, 0.6) is 5.75 Å². The van der Waals surface area contributed by atoms with Crippen molar-refractivity contribution in [3.63, 3.8) is 0 Å². The second-order valence-electron chi connectivity index (χ2n) is 7.03. The number of ether oxygens (including phenoxy) is 1. The van der Waals surface area contributed by atoms with Crippen molar-refractivity contribution in [1.29, 1.82) is 0 Å². The first-order chi connectivity index (χ1) is 13.1.